The Labute approximate surface area is 166 Å². The summed E-state index contributed by atoms with van der Waals surface area (Å²) in [6, 6.07) is 15.5. The van der Waals surface area contributed by atoms with Crippen LogP contribution < -0.4 is 10.6 Å². The minimum Gasteiger partial charge on any atom is -0.339 e. The molecule has 136 valence electrons. The minimum atomic E-state index is 0.569. The Kier molecular flexibility index (Phi) is 4.10. The molecule has 0 unspecified atom stereocenters. The van der Waals surface area contributed by atoms with E-state index in [1.807, 2.05) is 48.5 Å². The predicted molar refractivity (Wildman–Crippen MR) is 112 cm³/mol. The number of hydrogen-bond acceptors (Lipinski definition) is 6. The van der Waals surface area contributed by atoms with Gasteiger partial charge in [-0.1, -0.05) is 23.7 Å². The van der Waals surface area contributed by atoms with Crippen molar-refractivity contribution in [1.29, 1.82) is 0 Å². The quantitative estimate of drug-likeness (QED) is 0.529. The number of nitrogens with zero attached hydrogens (tertiary/aromatic N) is 4. The van der Waals surface area contributed by atoms with Crippen LogP contribution in [0, 0.1) is 0 Å². The zero-order valence-electron chi connectivity index (χ0n) is 14.7. The fourth-order valence-electron chi connectivity index (χ4n) is 3.17. The predicted octanol–water partition coefficient (Wildman–Crippen LogP) is 4.79. The number of aromatic nitrogens is 3. The number of hydrogen-bond donors (Lipinski definition) is 2. The van der Waals surface area contributed by atoms with E-state index in [0.29, 0.717) is 17.4 Å². The summed E-state index contributed by atoms with van der Waals surface area (Å²) in [6.07, 6.45) is 5.27. The SMILES string of the molecule is Clc1cc(NC2=NCc3cccnc32)ccc1Nc1nccc2cccnc12. The average molecular weight is 387 g/mol. The van der Waals surface area contributed by atoms with Crippen LogP contribution in [0.15, 0.2) is 72.1 Å². The molecule has 5 rings (SSSR count). The lowest BCUT2D eigenvalue weighted by atomic mass is 10.2. The molecule has 1 aromatic carbocycles. The summed E-state index contributed by atoms with van der Waals surface area (Å²) in [4.78, 5) is 17.7. The fraction of sp³-hybridized carbons (Fsp3) is 0.0476. The molecule has 6 nitrogen and oxygen atoms in total. The van der Waals surface area contributed by atoms with Gasteiger partial charge in [-0.25, -0.2) is 4.98 Å². The van der Waals surface area contributed by atoms with Gasteiger partial charge in [0, 0.05) is 35.2 Å². The maximum atomic E-state index is 6.51. The van der Waals surface area contributed by atoms with E-state index in [4.69, 9.17) is 11.6 Å². The molecule has 28 heavy (non-hydrogen) atoms. The molecular formula is C21H15ClN6. The molecule has 1 aliphatic heterocycles. The van der Waals surface area contributed by atoms with Gasteiger partial charge >= 0.3 is 0 Å². The number of rotatable bonds is 3. The Balaban J connectivity index is 1.40. The van der Waals surface area contributed by atoms with Gasteiger partial charge in [-0.05, 0) is 36.4 Å². The van der Waals surface area contributed by atoms with Crippen LogP contribution in [0.2, 0.25) is 5.02 Å². The Bertz CT molecular complexity index is 1220. The Hall–Kier alpha value is -3.51. The third-order valence-electron chi connectivity index (χ3n) is 4.53. The van der Waals surface area contributed by atoms with E-state index in [1.54, 1.807) is 18.6 Å². The normalized spacial score (nSPS) is 12.5. The van der Waals surface area contributed by atoms with Gasteiger partial charge in [-0.15, -0.1) is 0 Å². The number of pyridine rings is 3. The van der Waals surface area contributed by atoms with Crippen LogP contribution in [0.25, 0.3) is 10.9 Å². The van der Waals surface area contributed by atoms with Crippen molar-refractivity contribution in [3.05, 3.63) is 83.4 Å². The molecule has 1 aliphatic rings. The van der Waals surface area contributed by atoms with Gasteiger partial charge in [-0.2, -0.15) is 0 Å². The summed E-state index contributed by atoms with van der Waals surface area (Å²) in [6.45, 7) is 0.638. The third-order valence-corrected chi connectivity index (χ3v) is 4.84. The smallest absolute Gasteiger partial charge is 0.156 e. The molecule has 3 aromatic heterocycles. The van der Waals surface area contributed by atoms with Crippen molar-refractivity contribution in [3.8, 4) is 0 Å². The van der Waals surface area contributed by atoms with Gasteiger partial charge in [-0.3, -0.25) is 15.0 Å². The van der Waals surface area contributed by atoms with Gasteiger partial charge in [0.25, 0.3) is 0 Å². The molecule has 4 aromatic rings. The van der Waals surface area contributed by atoms with Gasteiger partial charge in [0.05, 0.1) is 17.3 Å². The van der Waals surface area contributed by atoms with Gasteiger partial charge in [0.1, 0.15) is 11.2 Å². The molecule has 0 bridgehead atoms. The molecule has 0 saturated carbocycles. The summed E-state index contributed by atoms with van der Waals surface area (Å²) >= 11 is 6.51. The van der Waals surface area contributed by atoms with Crippen molar-refractivity contribution < 1.29 is 0 Å². The number of nitrogens with one attached hydrogen (secondary N) is 2. The lowest BCUT2D eigenvalue weighted by molar-refractivity contribution is 1.09. The van der Waals surface area contributed by atoms with Crippen LogP contribution in [-0.4, -0.2) is 20.8 Å². The first kappa shape index (κ1) is 16.6. The second-order valence-electron chi connectivity index (χ2n) is 6.36. The summed E-state index contributed by atoms with van der Waals surface area (Å²) in [5, 5.41) is 8.16. The topological polar surface area (TPSA) is 75.1 Å². The van der Waals surface area contributed by atoms with Crippen LogP contribution in [0.5, 0.6) is 0 Å². The van der Waals surface area contributed by atoms with Crippen molar-refractivity contribution >= 4 is 45.5 Å². The molecule has 2 N–H and O–H groups in total. The summed E-state index contributed by atoms with van der Waals surface area (Å²) < 4.78 is 0. The highest BCUT2D eigenvalue weighted by Gasteiger charge is 2.17. The maximum absolute atomic E-state index is 6.51. The molecule has 7 heteroatoms. The van der Waals surface area contributed by atoms with Gasteiger partial charge in [0.15, 0.2) is 11.7 Å². The first-order valence-electron chi connectivity index (χ1n) is 8.80. The molecule has 0 fully saturated rings. The van der Waals surface area contributed by atoms with Crippen molar-refractivity contribution in [1.82, 2.24) is 15.0 Å². The van der Waals surface area contributed by atoms with Crippen LogP contribution in [0.3, 0.4) is 0 Å². The molecule has 0 saturated heterocycles. The molecule has 0 aliphatic carbocycles. The second-order valence-corrected chi connectivity index (χ2v) is 6.76. The second kappa shape index (κ2) is 6.90. The van der Waals surface area contributed by atoms with E-state index in [0.717, 1.165) is 39.4 Å². The number of benzene rings is 1. The van der Waals surface area contributed by atoms with Gasteiger partial charge in [0.2, 0.25) is 0 Å². The zero-order valence-corrected chi connectivity index (χ0v) is 15.5. The molecular weight excluding hydrogens is 372 g/mol. The highest BCUT2D eigenvalue weighted by molar-refractivity contribution is 6.33. The first-order valence-corrected chi connectivity index (χ1v) is 9.18. The summed E-state index contributed by atoms with van der Waals surface area (Å²) in [7, 11) is 0. The standard InChI is InChI=1S/C21H15ClN6/c22-16-11-15(27-21-19-14(12-26-21)4-2-9-24-19)5-6-17(16)28-20-18-13(7-10-25-20)3-1-8-23-18/h1-11H,12H2,(H,25,28)(H,26,27). The van der Waals surface area contributed by atoms with Crippen LogP contribution in [0.4, 0.5) is 17.2 Å². The highest BCUT2D eigenvalue weighted by Crippen LogP contribution is 2.30. The summed E-state index contributed by atoms with van der Waals surface area (Å²) in [5.41, 5.74) is 4.39. The Morgan fingerprint density at radius 2 is 1.75 bits per heavy atom. The summed E-state index contributed by atoms with van der Waals surface area (Å²) in [5.74, 6) is 1.42. The van der Waals surface area contributed by atoms with Crippen molar-refractivity contribution in [2.24, 2.45) is 4.99 Å². The Morgan fingerprint density at radius 1 is 0.857 bits per heavy atom. The minimum absolute atomic E-state index is 0.569. The van der Waals surface area contributed by atoms with E-state index >= 15 is 0 Å². The van der Waals surface area contributed by atoms with Crippen molar-refractivity contribution in [2.75, 3.05) is 10.6 Å². The molecule has 0 atom stereocenters. The van der Waals surface area contributed by atoms with E-state index in [1.165, 1.54) is 0 Å². The van der Waals surface area contributed by atoms with Crippen LogP contribution in [0.1, 0.15) is 11.3 Å². The molecule has 4 heterocycles. The number of fused-ring (bicyclic) bond motifs is 2. The van der Waals surface area contributed by atoms with Crippen molar-refractivity contribution in [2.45, 2.75) is 6.54 Å². The maximum Gasteiger partial charge on any atom is 0.156 e. The van der Waals surface area contributed by atoms with E-state index in [9.17, 15) is 0 Å². The third kappa shape index (κ3) is 3.04. The van der Waals surface area contributed by atoms with Crippen LogP contribution >= 0.6 is 11.6 Å². The first-order chi connectivity index (χ1) is 13.8. The van der Waals surface area contributed by atoms with Crippen LogP contribution in [-0.2, 0) is 6.54 Å². The number of amidine groups is 1. The number of aliphatic imine (C=N–C) groups is 1. The fourth-order valence-corrected chi connectivity index (χ4v) is 3.40. The monoisotopic (exact) mass is 386 g/mol. The van der Waals surface area contributed by atoms with E-state index < -0.39 is 0 Å². The molecule has 0 amide bonds. The largest absolute Gasteiger partial charge is 0.339 e. The van der Waals surface area contributed by atoms with Crippen molar-refractivity contribution in [3.63, 3.8) is 0 Å². The molecule has 0 radical (unpaired) electrons. The Morgan fingerprint density at radius 3 is 2.68 bits per heavy atom. The average Bonchev–Trinajstić information content (AvgIpc) is 3.13. The lowest BCUT2D eigenvalue weighted by Gasteiger charge is -2.12. The number of anilines is 3. The lowest BCUT2D eigenvalue weighted by Crippen LogP contribution is -2.13. The number of halogens is 1. The van der Waals surface area contributed by atoms with Gasteiger partial charge < -0.3 is 10.6 Å². The molecule has 0 spiro atoms. The van der Waals surface area contributed by atoms with E-state index in [-0.39, 0.29) is 0 Å². The zero-order chi connectivity index (χ0) is 18.9. The van der Waals surface area contributed by atoms with E-state index in [2.05, 4.69) is 30.6 Å². The highest BCUT2D eigenvalue weighted by atomic mass is 35.5.